The van der Waals surface area contributed by atoms with Crippen LogP contribution in [0.25, 0.3) is 0 Å². The number of aryl methyl sites for hydroxylation is 1. The molecule has 0 aliphatic carbocycles. The van der Waals surface area contributed by atoms with Crippen molar-refractivity contribution in [3.8, 4) is 0 Å². The Balaban J connectivity index is 1.79. The van der Waals surface area contributed by atoms with E-state index in [1.54, 1.807) is 13.0 Å². The first-order valence-electron chi connectivity index (χ1n) is 8.87. The van der Waals surface area contributed by atoms with Gasteiger partial charge in [-0.2, -0.15) is 0 Å². The predicted molar refractivity (Wildman–Crippen MR) is 104 cm³/mol. The van der Waals surface area contributed by atoms with Gasteiger partial charge in [-0.05, 0) is 38.1 Å². The Hall–Kier alpha value is -2.18. The van der Waals surface area contributed by atoms with Gasteiger partial charge < -0.3 is 15.1 Å². The molecule has 0 bridgehead atoms. The van der Waals surface area contributed by atoms with Crippen LogP contribution in [0, 0.1) is 13.8 Å². The molecule has 1 aromatic carbocycles. The van der Waals surface area contributed by atoms with Crippen LogP contribution in [0.2, 0.25) is 5.02 Å². The maximum absolute atomic E-state index is 12.8. The molecule has 0 saturated carbocycles. The van der Waals surface area contributed by atoms with E-state index in [-0.39, 0.29) is 5.91 Å². The molecule has 0 spiro atoms. The maximum atomic E-state index is 12.8. The van der Waals surface area contributed by atoms with Gasteiger partial charge >= 0.3 is 0 Å². The SMILES string of the molecule is CCN1CCN(C(=O)c2cc(Nc3cccc(Cl)c3C)nc(C)n2)CC1. The van der Waals surface area contributed by atoms with Crippen LogP contribution in [0.1, 0.15) is 28.8 Å². The van der Waals surface area contributed by atoms with Gasteiger partial charge in [0.15, 0.2) is 0 Å². The number of nitrogens with one attached hydrogen (secondary N) is 1. The molecule has 1 aromatic heterocycles. The lowest BCUT2D eigenvalue weighted by Crippen LogP contribution is -2.48. The van der Waals surface area contributed by atoms with Gasteiger partial charge in [0, 0.05) is 43.0 Å². The summed E-state index contributed by atoms with van der Waals surface area (Å²) in [4.78, 5) is 25.8. The number of carbonyl (C=O) groups is 1. The highest BCUT2D eigenvalue weighted by molar-refractivity contribution is 6.31. The summed E-state index contributed by atoms with van der Waals surface area (Å²) in [6, 6.07) is 7.37. The summed E-state index contributed by atoms with van der Waals surface area (Å²) in [5, 5.41) is 3.94. The zero-order valence-electron chi connectivity index (χ0n) is 15.4. The number of hydrogen-bond donors (Lipinski definition) is 1. The predicted octanol–water partition coefficient (Wildman–Crippen LogP) is 3.27. The molecule has 138 valence electrons. The standard InChI is InChI=1S/C19H24ClN5O/c1-4-24-8-10-25(11-9-24)19(26)17-12-18(22-14(3)21-17)23-16-7-5-6-15(20)13(16)2/h5-7,12H,4,8-11H2,1-3H3,(H,21,22,23). The average molecular weight is 374 g/mol. The lowest BCUT2D eigenvalue weighted by Gasteiger charge is -2.33. The van der Waals surface area contributed by atoms with Gasteiger partial charge in [-0.1, -0.05) is 24.6 Å². The minimum absolute atomic E-state index is 0.0443. The average Bonchev–Trinajstić information content (AvgIpc) is 2.64. The minimum Gasteiger partial charge on any atom is -0.340 e. The molecule has 1 N–H and O–H groups in total. The Bertz CT molecular complexity index is 803. The molecule has 0 atom stereocenters. The Labute approximate surface area is 159 Å². The van der Waals surface area contributed by atoms with Crippen LogP contribution < -0.4 is 5.32 Å². The normalized spacial score (nSPS) is 15.2. The lowest BCUT2D eigenvalue weighted by atomic mass is 10.2. The van der Waals surface area contributed by atoms with Crippen molar-refractivity contribution in [3.63, 3.8) is 0 Å². The number of nitrogens with zero attached hydrogens (tertiary/aromatic N) is 4. The summed E-state index contributed by atoms with van der Waals surface area (Å²) in [5.41, 5.74) is 2.23. The summed E-state index contributed by atoms with van der Waals surface area (Å²) < 4.78 is 0. The van der Waals surface area contributed by atoms with E-state index in [2.05, 4.69) is 27.1 Å². The van der Waals surface area contributed by atoms with Crippen molar-refractivity contribution in [1.82, 2.24) is 19.8 Å². The molecule has 1 aliphatic heterocycles. The molecule has 1 fully saturated rings. The molecule has 1 aliphatic rings. The first-order valence-corrected chi connectivity index (χ1v) is 9.25. The van der Waals surface area contributed by atoms with E-state index in [9.17, 15) is 4.79 Å². The Morgan fingerprint density at radius 3 is 2.62 bits per heavy atom. The Kier molecular flexibility index (Phi) is 5.74. The number of amides is 1. The number of benzene rings is 1. The summed E-state index contributed by atoms with van der Waals surface area (Å²) in [6.07, 6.45) is 0. The Morgan fingerprint density at radius 2 is 1.92 bits per heavy atom. The summed E-state index contributed by atoms with van der Waals surface area (Å²) in [7, 11) is 0. The molecular formula is C19H24ClN5O. The van der Waals surface area contributed by atoms with Crippen LogP contribution in [0.15, 0.2) is 24.3 Å². The van der Waals surface area contributed by atoms with Gasteiger partial charge in [-0.25, -0.2) is 9.97 Å². The number of halogens is 1. The fourth-order valence-electron chi connectivity index (χ4n) is 3.05. The molecule has 6 nitrogen and oxygen atoms in total. The van der Waals surface area contributed by atoms with E-state index in [1.807, 2.05) is 30.0 Å². The van der Waals surface area contributed by atoms with E-state index in [4.69, 9.17) is 11.6 Å². The third-order valence-electron chi connectivity index (χ3n) is 4.69. The van der Waals surface area contributed by atoms with Crippen LogP contribution >= 0.6 is 11.6 Å². The van der Waals surface area contributed by atoms with Crippen molar-refractivity contribution in [2.24, 2.45) is 0 Å². The third kappa shape index (κ3) is 4.14. The number of likely N-dealkylation sites (N-methyl/N-ethyl adjacent to an activating group) is 1. The van der Waals surface area contributed by atoms with Gasteiger partial charge in [0.25, 0.3) is 5.91 Å². The van der Waals surface area contributed by atoms with Gasteiger partial charge in [0.2, 0.25) is 0 Å². The maximum Gasteiger partial charge on any atom is 0.272 e. The van der Waals surface area contributed by atoms with Crippen molar-refractivity contribution in [2.75, 3.05) is 38.0 Å². The van der Waals surface area contributed by atoms with E-state index >= 15 is 0 Å². The molecule has 1 saturated heterocycles. The topological polar surface area (TPSA) is 61.4 Å². The van der Waals surface area contributed by atoms with Crippen molar-refractivity contribution in [2.45, 2.75) is 20.8 Å². The second-order valence-electron chi connectivity index (χ2n) is 6.45. The second-order valence-corrected chi connectivity index (χ2v) is 6.86. The Morgan fingerprint density at radius 1 is 1.19 bits per heavy atom. The fourth-order valence-corrected chi connectivity index (χ4v) is 3.23. The van der Waals surface area contributed by atoms with Crippen molar-refractivity contribution >= 4 is 29.0 Å². The molecule has 1 amide bonds. The molecule has 26 heavy (non-hydrogen) atoms. The van der Waals surface area contributed by atoms with Gasteiger partial charge in [0.05, 0.1) is 0 Å². The summed E-state index contributed by atoms with van der Waals surface area (Å²) in [5.74, 6) is 1.11. The second kappa shape index (κ2) is 8.01. The highest BCUT2D eigenvalue weighted by Gasteiger charge is 2.23. The zero-order chi connectivity index (χ0) is 18.7. The molecular weight excluding hydrogens is 350 g/mol. The van der Waals surface area contributed by atoms with E-state index in [0.717, 1.165) is 44.0 Å². The number of rotatable bonds is 4. The molecule has 0 unspecified atom stereocenters. The zero-order valence-corrected chi connectivity index (χ0v) is 16.2. The molecule has 2 aromatic rings. The number of piperazine rings is 1. The van der Waals surface area contributed by atoms with Crippen molar-refractivity contribution in [3.05, 3.63) is 46.4 Å². The van der Waals surface area contributed by atoms with Crippen LogP contribution in [-0.2, 0) is 0 Å². The lowest BCUT2D eigenvalue weighted by molar-refractivity contribution is 0.0637. The van der Waals surface area contributed by atoms with Crippen molar-refractivity contribution in [1.29, 1.82) is 0 Å². The first kappa shape index (κ1) is 18.6. The van der Waals surface area contributed by atoms with Crippen LogP contribution in [-0.4, -0.2) is 58.4 Å². The molecule has 3 rings (SSSR count). The summed E-state index contributed by atoms with van der Waals surface area (Å²) in [6.45, 7) is 10.2. The largest absolute Gasteiger partial charge is 0.340 e. The number of carbonyl (C=O) groups excluding carboxylic acids is 1. The fraction of sp³-hybridized carbons (Fsp3) is 0.421. The van der Waals surface area contributed by atoms with Crippen molar-refractivity contribution < 1.29 is 4.79 Å². The quantitative estimate of drug-likeness (QED) is 0.891. The molecule has 7 heteroatoms. The number of hydrogen-bond acceptors (Lipinski definition) is 5. The smallest absolute Gasteiger partial charge is 0.272 e. The number of aromatic nitrogens is 2. The summed E-state index contributed by atoms with van der Waals surface area (Å²) >= 11 is 6.18. The van der Waals surface area contributed by atoms with Crippen LogP contribution in [0.5, 0.6) is 0 Å². The highest BCUT2D eigenvalue weighted by atomic mass is 35.5. The van der Waals surface area contributed by atoms with Crippen LogP contribution in [0.3, 0.4) is 0 Å². The van der Waals surface area contributed by atoms with Gasteiger partial charge in [0.1, 0.15) is 17.3 Å². The van der Waals surface area contributed by atoms with E-state index in [1.165, 1.54) is 0 Å². The number of anilines is 2. The molecule has 2 heterocycles. The van der Waals surface area contributed by atoms with E-state index < -0.39 is 0 Å². The first-order chi connectivity index (χ1) is 12.5. The third-order valence-corrected chi connectivity index (χ3v) is 5.10. The minimum atomic E-state index is -0.0443. The highest BCUT2D eigenvalue weighted by Crippen LogP contribution is 2.25. The van der Waals surface area contributed by atoms with Crippen LogP contribution in [0.4, 0.5) is 11.5 Å². The van der Waals surface area contributed by atoms with E-state index in [0.29, 0.717) is 22.4 Å². The monoisotopic (exact) mass is 373 g/mol. The molecule has 0 radical (unpaired) electrons. The van der Waals surface area contributed by atoms with Gasteiger partial charge in [-0.3, -0.25) is 4.79 Å². The van der Waals surface area contributed by atoms with Gasteiger partial charge in [-0.15, -0.1) is 0 Å².